The lowest BCUT2D eigenvalue weighted by Crippen LogP contribution is -2.33. The zero-order valence-electron chi connectivity index (χ0n) is 8.54. The second-order valence-corrected chi connectivity index (χ2v) is 4.08. The highest BCUT2D eigenvalue weighted by atomic mass is 35.5. The second-order valence-electron chi connectivity index (χ2n) is 3.74. The van der Waals surface area contributed by atoms with E-state index in [1.807, 2.05) is 6.07 Å². The van der Waals surface area contributed by atoms with Crippen LogP contribution in [0.15, 0.2) is 12.3 Å². The third-order valence-corrected chi connectivity index (χ3v) is 2.73. The molecule has 0 aliphatic carbocycles. The molecule has 1 aromatic rings. The van der Waals surface area contributed by atoms with Crippen LogP contribution in [-0.4, -0.2) is 29.1 Å². The van der Waals surface area contributed by atoms with Crippen molar-refractivity contribution in [3.8, 4) is 0 Å². The second kappa shape index (κ2) is 5.39. The van der Waals surface area contributed by atoms with Crippen LogP contribution in [0.1, 0.15) is 18.5 Å². The van der Waals surface area contributed by atoms with Crippen molar-refractivity contribution >= 4 is 11.6 Å². The molecule has 1 aliphatic heterocycles. The van der Waals surface area contributed by atoms with Gasteiger partial charge in [-0.3, -0.25) is 0 Å². The summed E-state index contributed by atoms with van der Waals surface area (Å²) in [5.74, 6) is 0. The number of nitrogens with zero attached hydrogens (tertiary/aromatic N) is 2. The van der Waals surface area contributed by atoms with Gasteiger partial charge in [0.15, 0.2) is 0 Å². The highest BCUT2D eigenvalue weighted by Gasteiger charge is 2.12. The van der Waals surface area contributed by atoms with Crippen LogP contribution in [0, 0.1) is 0 Å². The number of hydrogen-bond donors (Lipinski definition) is 2. The summed E-state index contributed by atoms with van der Waals surface area (Å²) in [6.07, 6.45) is 4.23. The van der Waals surface area contributed by atoms with Gasteiger partial charge in [-0.2, -0.15) is 0 Å². The molecule has 1 saturated heterocycles. The number of halogens is 1. The highest BCUT2D eigenvalue weighted by Crippen LogP contribution is 2.04. The summed E-state index contributed by atoms with van der Waals surface area (Å²) >= 11 is 5.69. The van der Waals surface area contributed by atoms with Crippen molar-refractivity contribution in [1.29, 1.82) is 0 Å². The normalized spacial score (nSPS) is 20.7. The molecule has 1 aromatic heterocycles. The number of nitrogens with one attached hydrogen (secondary N) is 2. The zero-order chi connectivity index (χ0) is 10.5. The minimum absolute atomic E-state index is 0.313. The molecule has 1 atom stereocenters. The molecule has 1 aliphatic rings. The molecule has 2 rings (SSSR count). The van der Waals surface area contributed by atoms with E-state index in [1.54, 1.807) is 6.20 Å². The van der Waals surface area contributed by atoms with Gasteiger partial charge in [0, 0.05) is 25.3 Å². The van der Waals surface area contributed by atoms with E-state index < -0.39 is 0 Å². The van der Waals surface area contributed by atoms with Gasteiger partial charge in [0.2, 0.25) is 5.28 Å². The van der Waals surface area contributed by atoms with Gasteiger partial charge in [0.25, 0.3) is 0 Å². The van der Waals surface area contributed by atoms with Crippen LogP contribution in [0.2, 0.25) is 5.28 Å². The molecule has 0 bridgehead atoms. The SMILES string of the molecule is Clc1nccc(CNC[C@@H]2CCCN2)n1. The third-order valence-electron chi connectivity index (χ3n) is 2.54. The Bertz CT molecular complexity index is 312. The van der Waals surface area contributed by atoms with Crippen molar-refractivity contribution in [1.82, 2.24) is 20.6 Å². The van der Waals surface area contributed by atoms with E-state index in [1.165, 1.54) is 12.8 Å². The number of hydrogen-bond acceptors (Lipinski definition) is 4. The van der Waals surface area contributed by atoms with E-state index in [0.29, 0.717) is 11.3 Å². The van der Waals surface area contributed by atoms with Crippen molar-refractivity contribution < 1.29 is 0 Å². The summed E-state index contributed by atoms with van der Waals surface area (Å²) in [5, 5.41) is 7.11. The molecule has 5 heteroatoms. The largest absolute Gasteiger partial charge is 0.313 e. The average molecular weight is 227 g/mol. The first-order valence-electron chi connectivity index (χ1n) is 5.26. The summed E-state index contributed by atoms with van der Waals surface area (Å²) in [4.78, 5) is 7.95. The average Bonchev–Trinajstić information content (AvgIpc) is 2.71. The summed E-state index contributed by atoms with van der Waals surface area (Å²) in [6.45, 7) is 2.88. The molecule has 0 amide bonds. The Morgan fingerprint density at radius 2 is 2.53 bits per heavy atom. The molecule has 0 spiro atoms. The fourth-order valence-electron chi connectivity index (χ4n) is 1.77. The predicted molar refractivity (Wildman–Crippen MR) is 59.8 cm³/mol. The monoisotopic (exact) mass is 226 g/mol. The molecule has 4 nitrogen and oxygen atoms in total. The van der Waals surface area contributed by atoms with Crippen LogP contribution >= 0.6 is 11.6 Å². The van der Waals surface area contributed by atoms with Crippen molar-refractivity contribution in [2.24, 2.45) is 0 Å². The van der Waals surface area contributed by atoms with Crippen LogP contribution in [0.5, 0.6) is 0 Å². The molecule has 15 heavy (non-hydrogen) atoms. The van der Waals surface area contributed by atoms with Crippen molar-refractivity contribution in [3.05, 3.63) is 23.2 Å². The lowest BCUT2D eigenvalue weighted by molar-refractivity contribution is 0.532. The molecule has 2 heterocycles. The van der Waals surface area contributed by atoms with Crippen LogP contribution < -0.4 is 10.6 Å². The molecular weight excluding hydrogens is 212 g/mol. The quantitative estimate of drug-likeness (QED) is 0.752. The van der Waals surface area contributed by atoms with Gasteiger partial charge >= 0.3 is 0 Å². The molecule has 0 aromatic carbocycles. The van der Waals surface area contributed by atoms with Crippen molar-refractivity contribution in [2.45, 2.75) is 25.4 Å². The van der Waals surface area contributed by atoms with Crippen LogP contribution in [0.3, 0.4) is 0 Å². The smallest absolute Gasteiger partial charge is 0.222 e. The van der Waals surface area contributed by atoms with Gasteiger partial charge < -0.3 is 10.6 Å². The van der Waals surface area contributed by atoms with E-state index in [4.69, 9.17) is 11.6 Å². The highest BCUT2D eigenvalue weighted by molar-refractivity contribution is 6.28. The topological polar surface area (TPSA) is 49.8 Å². The predicted octanol–water partition coefficient (Wildman–Crippen LogP) is 0.972. The first-order chi connectivity index (χ1) is 7.34. The van der Waals surface area contributed by atoms with Crippen molar-refractivity contribution in [3.63, 3.8) is 0 Å². The standard InChI is InChI=1S/C10H15ClN4/c11-10-14-5-3-9(15-10)7-12-6-8-2-1-4-13-8/h3,5,8,12-13H,1-2,4,6-7H2/t8-/m0/s1. The maximum absolute atomic E-state index is 5.69. The van der Waals surface area contributed by atoms with E-state index in [0.717, 1.165) is 25.3 Å². The summed E-state index contributed by atoms with van der Waals surface area (Å²) in [5.41, 5.74) is 0.938. The summed E-state index contributed by atoms with van der Waals surface area (Å²) in [6, 6.07) is 2.49. The van der Waals surface area contributed by atoms with E-state index >= 15 is 0 Å². The maximum atomic E-state index is 5.69. The molecule has 82 valence electrons. The Morgan fingerprint density at radius 1 is 1.60 bits per heavy atom. The van der Waals surface area contributed by atoms with Gasteiger partial charge in [-0.05, 0) is 37.1 Å². The first kappa shape index (κ1) is 10.8. The number of aromatic nitrogens is 2. The Hall–Kier alpha value is -0.710. The molecule has 0 unspecified atom stereocenters. The van der Waals surface area contributed by atoms with Crippen LogP contribution in [0.4, 0.5) is 0 Å². The Labute approximate surface area is 94.5 Å². The minimum Gasteiger partial charge on any atom is -0.313 e. The minimum atomic E-state index is 0.313. The molecular formula is C10H15ClN4. The number of rotatable bonds is 4. The van der Waals surface area contributed by atoms with Crippen LogP contribution in [0.25, 0.3) is 0 Å². The summed E-state index contributed by atoms with van der Waals surface area (Å²) < 4.78 is 0. The molecule has 0 saturated carbocycles. The van der Waals surface area contributed by atoms with Gasteiger partial charge in [0.1, 0.15) is 0 Å². The lowest BCUT2D eigenvalue weighted by Gasteiger charge is -2.10. The maximum Gasteiger partial charge on any atom is 0.222 e. The zero-order valence-corrected chi connectivity index (χ0v) is 9.30. The van der Waals surface area contributed by atoms with E-state index in [2.05, 4.69) is 20.6 Å². The fourth-order valence-corrected chi connectivity index (χ4v) is 1.94. The van der Waals surface area contributed by atoms with E-state index in [9.17, 15) is 0 Å². The van der Waals surface area contributed by atoms with Gasteiger partial charge in [0.05, 0.1) is 5.69 Å². The van der Waals surface area contributed by atoms with E-state index in [-0.39, 0.29) is 0 Å². The van der Waals surface area contributed by atoms with Crippen LogP contribution in [-0.2, 0) is 6.54 Å². The fraction of sp³-hybridized carbons (Fsp3) is 0.600. The Kier molecular flexibility index (Phi) is 3.88. The Balaban J connectivity index is 1.73. The first-order valence-corrected chi connectivity index (χ1v) is 5.64. The summed E-state index contributed by atoms with van der Waals surface area (Å²) in [7, 11) is 0. The van der Waals surface area contributed by atoms with Crippen molar-refractivity contribution in [2.75, 3.05) is 13.1 Å². The van der Waals surface area contributed by atoms with Gasteiger partial charge in [-0.25, -0.2) is 9.97 Å². The lowest BCUT2D eigenvalue weighted by atomic mass is 10.2. The Morgan fingerprint density at radius 3 is 3.27 bits per heavy atom. The van der Waals surface area contributed by atoms with Gasteiger partial charge in [-0.15, -0.1) is 0 Å². The molecule has 1 fully saturated rings. The van der Waals surface area contributed by atoms with Gasteiger partial charge in [-0.1, -0.05) is 0 Å². The molecule has 2 N–H and O–H groups in total. The molecule has 0 radical (unpaired) electrons. The third kappa shape index (κ3) is 3.41.